The number of nitrogens with two attached hydrogens (primary N) is 2. The Morgan fingerprint density at radius 3 is 1.00 bits per heavy atom. The minimum Gasteiger partial charge on any atom is -0.487 e. The van der Waals surface area contributed by atoms with E-state index in [1.54, 1.807) is 0 Å². The summed E-state index contributed by atoms with van der Waals surface area (Å²) >= 11 is 7.74. The van der Waals surface area contributed by atoms with Crippen molar-refractivity contribution in [3.05, 3.63) is 0 Å². The van der Waals surface area contributed by atoms with Crippen molar-refractivity contribution >= 4 is 34.8 Å². The van der Waals surface area contributed by atoms with Gasteiger partial charge in [0.05, 0.1) is 0 Å². The molecule has 0 rings (SSSR count). The molecule has 0 bridgehead atoms. The van der Waals surface area contributed by atoms with Crippen LogP contribution < -0.4 is 11.5 Å². The molecule has 7 heteroatoms. The van der Waals surface area contributed by atoms with Crippen molar-refractivity contribution < 1.29 is 27.0 Å². The van der Waals surface area contributed by atoms with Crippen LogP contribution >= 0.6 is 24.4 Å². The van der Waals surface area contributed by atoms with Gasteiger partial charge in [0, 0.05) is 16.8 Å². The summed E-state index contributed by atoms with van der Waals surface area (Å²) in [6.45, 7) is 0. The largest absolute Gasteiger partial charge is 0.487 e. The number of aliphatic hydroxyl groups excluding tert-OH is 2. The molecule has 0 saturated carbocycles. The van der Waals surface area contributed by atoms with E-state index in [0.29, 0.717) is 0 Å². The Morgan fingerprint density at radius 1 is 1.00 bits per heavy atom. The van der Waals surface area contributed by atoms with Gasteiger partial charge in [-0.05, 0) is 24.4 Å². The molecule has 0 aromatic rings. The first-order valence-corrected chi connectivity index (χ1v) is 2.25. The average Bonchev–Trinajstić information content (AvgIpc) is 1.25. The van der Waals surface area contributed by atoms with Gasteiger partial charge in [0.15, 0.2) is 0 Å². The molecule has 0 amide bonds. The van der Waals surface area contributed by atoms with Crippen molar-refractivity contribution in [2.45, 2.75) is 0 Å². The molecular formula is C2H6CoN2O2S2. The average molecular weight is 213 g/mol. The van der Waals surface area contributed by atoms with Gasteiger partial charge in [0.1, 0.15) is 0 Å². The van der Waals surface area contributed by atoms with E-state index in [-0.39, 0.29) is 16.8 Å². The second kappa shape index (κ2) is 10.8. The Bertz CT molecular complexity index is 78.6. The van der Waals surface area contributed by atoms with E-state index in [2.05, 4.69) is 35.9 Å². The van der Waals surface area contributed by atoms with Crippen molar-refractivity contribution in [3.8, 4) is 0 Å². The molecule has 1 radical (unpaired) electrons. The normalized spacial score (nSPS) is 5.33. The number of thiocarbonyl (C=S) groups is 2. The van der Waals surface area contributed by atoms with Gasteiger partial charge < -0.3 is 21.7 Å². The van der Waals surface area contributed by atoms with Crippen LogP contribution in [0.5, 0.6) is 0 Å². The molecule has 0 aliphatic rings. The second-order valence-corrected chi connectivity index (χ2v) is 1.51. The van der Waals surface area contributed by atoms with E-state index in [0.717, 1.165) is 0 Å². The van der Waals surface area contributed by atoms with Crippen LogP contribution in [0.15, 0.2) is 0 Å². The minimum absolute atomic E-state index is 0. The maximum atomic E-state index is 7.56. The summed E-state index contributed by atoms with van der Waals surface area (Å²) < 4.78 is 0. The van der Waals surface area contributed by atoms with Crippen LogP contribution in [0.2, 0.25) is 0 Å². The van der Waals surface area contributed by atoms with Crippen LogP contribution in [0.3, 0.4) is 0 Å². The Balaban J connectivity index is -0.0000000720. The summed E-state index contributed by atoms with van der Waals surface area (Å²) in [4.78, 5) is 0. The Morgan fingerprint density at radius 2 is 1.00 bits per heavy atom. The number of rotatable bonds is 0. The van der Waals surface area contributed by atoms with Crippen molar-refractivity contribution in [2.24, 2.45) is 11.5 Å². The molecule has 0 aliphatic carbocycles. The molecule has 57 valence electrons. The molecule has 0 atom stereocenters. The molecule has 0 spiro atoms. The van der Waals surface area contributed by atoms with Crippen LogP contribution in [-0.4, -0.2) is 20.6 Å². The third-order valence-corrected chi connectivity index (χ3v) is 0. The predicted octanol–water partition coefficient (Wildman–Crippen LogP) is -0.426. The van der Waals surface area contributed by atoms with Crippen LogP contribution in [0.4, 0.5) is 0 Å². The number of aliphatic hydroxyl groups is 2. The van der Waals surface area contributed by atoms with E-state index in [1.807, 2.05) is 0 Å². The van der Waals surface area contributed by atoms with E-state index >= 15 is 0 Å². The third-order valence-electron chi connectivity index (χ3n) is 0. The summed E-state index contributed by atoms with van der Waals surface area (Å²) in [5, 5.41) is 14.1. The summed E-state index contributed by atoms with van der Waals surface area (Å²) in [5.74, 6) is 0. The van der Waals surface area contributed by atoms with Gasteiger partial charge in [0.25, 0.3) is 10.3 Å². The van der Waals surface area contributed by atoms with Gasteiger partial charge in [-0.2, -0.15) is 0 Å². The van der Waals surface area contributed by atoms with Crippen LogP contribution in [0, 0.1) is 0 Å². The zero-order valence-electron chi connectivity index (χ0n) is 4.20. The zero-order valence-corrected chi connectivity index (χ0v) is 6.87. The molecule has 0 saturated heterocycles. The van der Waals surface area contributed by atoms with E-state index in [1.165, 1.54) is 0 Å². The molecule has 4 nitrogen and oxygen atoms in total. The van der Waals surface area contributed by atoms with Gasteiger partial charge in [-0.1, -0.05) is 0 Å². The first kappa shape index (κ1) is 16.0. The summed E-state index contributed by atoms with van der Waals surface area (Å²) in [6.07, 6.45) is 0. The maximum absolute atomic E-state index is 7.56. The Kier molecular flexibility index (Phi) is 19.1. The van der Waals surface area contributed by atoms with E-state index in [4.69, 9.17) is 10.2 Å². The molecular weight excluding hydrogens is 207 g/mol. The molecule has 0 aromatic carbocycles. The van der Waals surface area contributed by atoms with Crippen LogP contribution in [-0.2, 0) is 16.8 Å². The van der Waals surface area contributed by atoms with Gasteiger partial charge in [0.2, 0.25) is 0 Å². The predicted molar refractivity (Wildman–Crippen MR) is 38.8 cm³/mol. The molecule has 0 fully saturated rings. The quantitative estimate of drug-likeness (QED) is 0.408. The first-order chi connectivity index (χ1) is 3.46. The van der Waals surface area contributed by atoms with E-state index in [9.17, 15) is 0 Å². The zero-order chi connectivity index (χ0) is 7.15. The second-order valence-electron chi connectivity index (χ2n) is 0.676. The van der Waals surface area contributed by atoms with E-state index < -0.39 is 10.3 Å². The number of hydrogen-bond donors (Lipinski definition) is 4. The SMILES string of the molecule is NC(O)=S.NC(O)=S.[Co]. The molecule has 0 aliphatic heterocycles. The Labute approximate surface area is 73.4 Å². The van der Waals surface area contributed by atoms with Gasteiger partial charge in [-0.25, -0.2) is 0 Å². The molecule has 9 heavy (non-hydrogen) atoms. The fraction of sp³-hybridized carbons (Fsp3) is 0. The summed E-state index contributed by atoms with van der Waals surface area (Å²) in [7, 11) is 0. The maximum Gasteiger partial charge on any atom is 0.251 e. The molecule has 0 aromatic heterocycles. The summed E-state index contributed by atoms with van der Waals surface area (Å²) in [5.41, 5.74) is 8.80. The molecule has 6 N–H and O–H groups in total. The third kappa shape index (κ3) is 21200. The summed E-state index contributed by atoms with van der Waals surface area (Å²) in [6, 6.07) is 0. The molecule has 0 heterocycles. The Hall–Kier alpha value is -0.114. The van der Waals surface area contributed by atoms with Crippen molar-refractivity contribution in [1.82, 2.24) is 0 Å². The standard InChI is InChI=1S/2CH3NOS.Co/c2*2-1(3)4;/h2*(H3,2,3,4);. The smallest absolute Gasteiger partial charge is 0.251 e. The molecule has 0 unspecified atom stereocenters. The van der Waals surface area contributed by atoms with Crippen LogP contribution in [0.1, 0.15) is 0 Å². The van der Waals surface area contributed by atoms with Crippen LogP contribution in [0.25, 0.3) is 0 Å². The van der Waals surface area contributed by atoms with Crippen molar-refractivity contribution in [2.75, 3.05) is 0 Å². The van der Waals surface area contributed by atoms with Gasteiger partial charge in [-0.15, -0.1) is 0 Å². The minimum atomic E-state index is -0.500. The topological polar surface area (TPSA) is 92.5 Å². The van der Waals surface area contributed by atoms with Gasteiger partial charge >= 0.3 is 0 Å². The first-order valence-electron chi connectivity index (χ1n) is 1.43. The van der Waals surface area contributed by atoms with Crippen molar-refractivity contribution in [3.63, 3.8) is 0 Å². The van der Waals surface area contributed by atoms with Gasteiger partial charge in [-0.3, -0.25) is 0 Å². The fourth-order valence-corrected chi connectivity index (χ4v) is 0. The monoisotopic (exact) mass is 213 g/mol. The fourth-order valence-electron chi connectivity index (χ4n) is 0. The number of hydrogen-bond acceptors (Lipinski definition) is 2. The van der Waals surface area contributed by atoms with Crippen molar-refractivity contribution in [1.29, 1.82) is 0 Å².